The predicted octanol–water partition coefficient (Wildman–Crippen LogP) is 3.23. The zero-order valence-electron chi connectivity index (χ0n) is 13.7. The maximum atomic E-state index is 12.6. The van der Waals surface area contributed by atoms with Crippen molar-refractivity contribution in [3.8, 4) is 23.0 Å². The van der Waals surface area contributed by atoms with Crippen molar-refractivity contribution in [2.75, 3.05) is 20.3 Å². The molecular formula is C18H19F2NO4. The third-order valence-corrected chi connectivity index (χ3v) is 3.74. The van der Waals surface area contributed by atoms with E-state index < -0.39 is 6.61 Å². The van der Waals surface area contributed by atoms with Crippen LogP contribution < -0.4 is 24.3 Å². The van der Waals surface area contributed by atoms with Gasteiger partial charge in [-0.1, -0.05) is 24.3 Å². The van der Waals surface area contributed by atoms with Crippen molar-refractivity contribution in [3.63, 3.8) is 0 Å². The van der Waals surface area contributed by atoms with Crippen LogP contribution in [0.5, 0.6) is 23.0 Å². The van der Waals surface area contributed by atoms with Crippen LogP contribution in [0.25, 0.3) is 0 Å². The van der Waals surface area contributed by atoms with Gasteiger partial charge in [0.2, 0.25) is 0 Å². The number of benzene rings is 2. The molecule has 0 fully saturated rings. The number of hydrogen-bond donors (Lipinski definition) is 1. The molecule has 1 aliphatic heterocycles. The first-order valence-corrected chi connectivity index (χ1v) is 7.87. The summed E-state index contributed by atoms with van der Waals surface area (Å²) in [7, 11) is 1.41. The molecule has 5 nitrogen and oxygen atoms in total. The summed E-state index contributed by atoms with van der Waals surface area (Å²) in [5.74, 6) is 1.73. The highest BCUT2D eigenvalue weighted by Crippen LogP contribution is 2.33. The molecule has 0 aliphatic carbocycles. The number of methoxy groups -OCH3 is 1. The van der Waals surface area contributed by atoms with Gasteiger partial charge in [0.05, 0.1) is 7.11 Å². The molecule has 1 N–H and O–H groups in total. The molecule has 0 spiro atoms. The Balaban J connectivity index is 1.59. The lowest BCUT2D eigenvalue weighted by atomic mass is 10.1. The number of halogens is 2. The molecule has 0 saturated heterocycles. The predicted molar refractivity (Wildman–Crippen MR) is 87.7 cm³/mol. The molecule has 0 amide bonds. The summed E-state index contributed by atoms with van der Waals surface area (Å²) in [5.41, 5.74) is 0.580. The number of ether oxygens (including phenoxy) is 4. The van der Waals surface area contributed by atoms with Crippen LogP contribution >= 0.6 is 0 Å². The van der Waals surface area contributed by atoms with Crippen molar-refractivity contribution in [1.29, 1.82) is 0 Å². The third kappa shape index (κ3) is 4.30. The minimum Gasteiger partial charge on any atom is -0.493 e. The lowest BCUT2D eigenvalue weighted by molar-refractivity contribution is -0.0519. The lowest BCUT2D eigenvalue weighted by Gasteiger charge is -2.26. The van der Waals surface area contributed by atoms with E-state index in [1.807, 2.05) is 24.3 Å². The summed E-state index contributed by atoms with van der Waals surface area (Å²) in [6.07, 6.45) is -0.167. The number of para-hydroxylation sites is 3. The Morgan fingerprint density at radius 1 is 1.16 bits per heavy atom. The van der Waals surface area contributed by atoms with Crippen molar-refractivity contribution < 1.29 is 27.7 Å². The van der Waals surface area contributed by atoms with Gasteiger partial charge in [-0.05, 0) is 18.2 Å². The molecule has 134 valence electrons. The second kappa shape index (κ2) is 8.02. The summed E-state index contributed by atoms with van der Waals surface area (Å²) < 4.78 is 46.5. The average molecular weight is 351 g/mol. The molecule has 0 unspecified atom stereocenters. The highest BCUT2D eigenvalue weighted by Gasteiger charge is 2.21. The molecule has 2 aromatic rings. The number of nitrogens with one attached hydrogen (secondary N) is 1. The Morgan fingerprint density at radius 3 is 2.72 bits per heavy atom. The van der Waals surface area contributed by atoms with Crippen LogP contribution in [0.2, 0.25) is 0 Å². The summed E-state index contributed by atoms with van der Waals surface area (Å²) in [6.45, 7) is -1.66. The Kier molecular flexibility index (Phi) is 5.55. The quantitative estimate of drug-likeness (QED) is 0.830. The monoisotopic (exact) mass is 351 g/mol. The van der Waals surface area contributed by atoms with E-state index in [1.54, 1.807) is 18.2 Å². The molecule has 1 heterocycles. The van der Waals surface area contributed by atoms with Gasteiger partial charge >= 0.3 is 6.61 Å². The maximum absolute atomic E-state index is 12.6. The molecule has 0 aromatic heterocycles. The molecule has 0 saturated carbocycles. The van der Waals surface area contributed by atoms with Crippen LogP contribution in [-0.2, 0) is 6.54 Å². The van der Waals surface area contributed by atoms with E-state index in [-0.39, 0.29) is 17.6 Å². The van der Waals surface area contributed by atoms with Crippen molar-refractivity contribution in [1.82, 2.24) is 5.32 Å². The molecule has 2 aromatic carbocycles. The molecule has 1 atom stereocenters. The van der Waals surface area contributed by atoms with Crippen molar-refractivity contribution >= 4 is 0 Å². The second-order valence-corrected chi connectivity index (χ2v) is 5.46. The fourth-order valence-corrected chi connectivity index (χ4v) is 2.62. The van der Waals surface area contributed by atoms with E-state index in [0.29, 0.717) is 31.0 Å². The van der Waals surface area contributed by atoms with E-state index in [2.05, 4.69) is 10.1 Å². The van der Waals surface area contributed by atoms with Gasteiger partial charge in [0.15, 0.2) is 23.0 Å². The molecule has 1 aliphatic rings. The largest absolute Gasteiger partial charge is 0.493 e. The first-order chi connectivity index (χ1) is 12.2. The Bertz CT molecular complexity index is 711. The summed E-state index contributed by atoms with van der Waals surface area (Å²) in [4.78, 5) is 0. The third-order valence-electron chi connectivity index (χ3n) is 3.74. The van der Waals surface area contributed by atoms with E-state index in [0.717, 1.165) is 5.75 Å². The van der Waals surface area contributed by atoms with Crippen LogP contribution in [0.4, 0.5) is 8.78 Å². The molecule has 3 rings (SSSR count). The van der Waals surface area contributed by atoms with Gasteiger partial charge in [-0.2, -0.15) is 8.78 Å². The molecule has 25 heavy (non-hydrogen) atoms. The van der Waals surface area contributed by atoms with Gasteiger partial charge in [0.25, 0.3) is 0 Å². The molecular weight excluding hydrogens is 332 g/mol. The van der Waals surface area contributed by atoms with Gasteiger partial charge in [-0.25, -0.2) is 0 Å². The van der Waals surface area contributed by atoms with Crippen LogP contribution in [-0.4, -0.2) is 33.0 Å². The first-order valence-electron chi connectivity index (χ1n) is 7.87. The van der Waals surface area contributed by atoms with E-state index in [4.69, 9.17) is 14.2 Å². The smallest absolute Gasteiger partial charge is 0.387 e. The van der Waals surface area contributed by atoms with Gasteiger partial charge < -0.3 is 24.3 Å². The first kappa shape index (κ1) is 17.3. The van der Waals surface area contributed by atoms with Gasteiger partial charge in [-0.15, -0.1) is 0 Å². The second-order valence-electron chi connectivity index (χ2n) is 5.46. The number of rotatable bonds is 7. The van der Waals surface area contributed by atoms with Crippen LogP contribution in [0.15, 0.2) is 42.5 Å². The van der Waals surface area contributed by atoms with Gasteiger partial charge in [0.1, 0.15) is 12.7 Å². The lowest BCUT2D eigenvalue weighted by Crippen LogP contribution is -2.38. The average Bonchev–Trinajstić information content (AvgIpc) is 2.62. The topological polar surface area (TPSA) is 49.0 Å². The van der Waals surface area contributed by atoms with Gasteiger partial charge in [0, 0.05) is 18.7 Å². The summed E-state index contributed by atoms with van der Waals surface area (Å²) in [6, 6.07) is 12.5. The van der Waals surface area contributed by atoms with Crippen LogP contribution in [0, 0.1) is 0 Å². The van der Waals surface area contributed by atoms with Crippen molar-refractivity contribution in [2.24, 2.45) is 0 Å². The Hall–Kier alpha value is -2.54. The Labute approximate surface area is 144 Å². The normalized spacial score (nSPS) is 15.9. The highest BCUT2D eigenvalue weighted by atomic mass is 19.3. The Morgan fingerprint density at radius 2 is 1.96 bits per heavy atom. The number of hydrogen-bond acceptors (Lipinski definition) is 5. The maximum Gasteiger partial charge on any atom is 0.387 e. The summed E-state index contributed by atoms with van der Waals surface area (Å²) >= 11 is 0. The number of alkyl halides is 2. The minimum atomic E-state index is -2.92. The molecule has 0 bridgehead atoms. The summed E-state index contributed by atoms with van der Waals surface area (Å²) in [5, 5.41) is 3.18. The zero-order valence-corrected chi connectivity index (χ0v) is 13.7. The van der Waals surface area contributed by atoms with E-state index in [1.165, 1.54) is 7.11 Å². The van der Waals surface area contributed by atoms with Crippen LogP contribution in [0.3, 0.4) is 0 Å². The fraction of sp³-hybridized carbons (Fsp3) is 0.333. The fourth-order valence-electron chi connectivity index (χ4n) is 2.62. The van der Waals surface area contributed by atoms with E-state index >= 15 is 0 Å². The molecule has 0 radical (unpaired) electrons. The molecule has 7 heteroatoms. The minimum absolute atomic E-state index is 0.0404. The standard InChI is InChI=1S/C18H19F2NO4/c1-22-16-8-4-5-12(17(16)25-18(19)20)9-21-10-13-11-23-14-6-2-3-7-15(14)24-13/h2-8,13,18,21H,9-11H2,1H3/t13-/m0/s1. The van der Waals surface area contributed by atoms with Crippen molar-refractivity contribution in [2.45, 2.75) is 19.3 Å². The SMILES string of the molecule is COc1cccc(CNC[C@H]2COc3ccccc3O2)c1OC(F)F. The van der Waals surface area contributed by atoms with Crippen molar-refractivity contribution in [3.05, 3.63) is 48.0 Å². The highest BCUT2D eigenvalue weighted by molar-refractivity contribution is 5.46. The van der Waals surface area contributed by atoms with Gasteiger partial charge in [-0.3, -0.25) is 0 Å². The van der Waals surface area contributed by atoms with Crippen LogP contribution in [0.1, 0.15) is 5.56 Å². The number of fused-ring (bicyclic) bond motifs is 1. The van der Waals surface area contributed by atoms with E-state index in [9.17, 15) is 8.78 Å². The zero-order chi connectivity index (χ0) is 17.6.